The van der Waals surface area contributed by atoms with Gasteiger partial charge in [-0.25, -0.2) is 4.79 Å². The first-order chi connectivity index (χ1) is 7.81. The van der Waals surface area contributed by atoms with E-state index < -0.39 is 0 Å². The van der Waals surface area contributed by atoms with Crippen LogP contribution < -0.4 is 15.5 Å². The molecule has 0 spiro atoms. The average Bonchev–Trinajstić information content (AvgIpc) is 2.69. The van der Waals surface area contributed by atoms with E-state index in [2.05, 4.69) is 10.6 Å². The smallest absolute Gasteiger partial charge is 0.322 e. The maximum absolute atomic E-state index is 11.7. The predicted octanol–water partition coefficient (Wildman–Crippen LogP) is 1.19. The number of hydrogen-bond acceptors (Lipinski definition) is 2. The van der Waals surface area contributed by atoms with Crippen LogP contribution in [0.1, 0.15) is 6.42 Å². The summed E-state index contributed by atoms with van der Waals surface area (Å²) >= 11 is 0. The zero-order valence-corrected chi connectivity index (χ0v) is 9.44. The van der Waals surface area contributed by atoms with E-state index in [0.29, 0.717) is 0 Å². The zero-order valence-electron chi connectivity index (χ0n) is 9.44. The van der Waals surface area contributed by atoms with Crippen LogP contribution in [0.25, 0.3) is 0 Å². The van der Waals surface area contributed by atoms with E-state index in [-0.39, 0.29) is 12.1 Å². The summed E-state index contributed by atoms with van der Waals surface area (Å²) < 4.78 is 0. The molecule has 4 nitrogen and oxygen atoms in total. The molecule has 1 heterocycles. The molecule has 0 saturated carbocycles. The molecule has 16 heavy (non-hydrogen) atoms. The first kappa shape index (κ1) is 11.0. The second-order valence-corrected chi connectivity index (χ2v) is 3.98. The molecule has 2 rings (SSSR count). The molecule has 0 aromatic heterocycles. The Balaban J connectivity index is 2.00. The molecule has 86 valence electrons. The Morgan fingerprint density at radius 1 is 1.44 bits per heavy atom. The molecule has 1 aliphatic heterocycles. The van der Waals surface area contributed by atoms with E-state index in [1.165, 1.54) is 0 Å². The number of carbonyl (C=O) groups excluding carboxylic acids is 1. The third-order valence-electron chi connectivity index (χ3n) is 2.79. The standard InChI is InChI=1S/C12H17N3O/c1-13-8-7-10-9-15(12(16)14-10)11-5-3-2-4-6-11/h2-6,10,13H,7-9H2,1H3,(H,14,16). The van der Waals surface area contributed by atoms with Crippen molar-refractivity contribution in [1.82, 2.24) is 10.6 Å². The summed E-state index contributed by atoms with van der Waals surface area (Å²) in [5.74, 6) is 0. The Hall–Kier alpha value is -1.55. The van der Waals surface area contributed by atoms with E-state index >= 15 is 0 Å². The van der Waals surface area contributed by atoms with Crippen LogP contribution in [0.4, 0.5) is 10.5 Å². The van der Waals surface area contributed by atoms with E-state index in [9.17, 15) is 4.79 Å². The highest BCUT2D eigenvalue weighted by molar-refractivity contribution is 5.94. The number of hydrogen-bond donors (Lipinski definition) is 2. The number of nitrogens with one attached hydrogen (secondary N) is 2. The Kier molecular flexibility index (Phi) is 3.41. The molecule has 0 aliphatic carbocycles. The van der Waals surface area contributed by atoms with Gasteiger partial charge in [0.05, 0.1) is 0 Å². The molecule has 1 aromatic rings. The number of anilines is 1. The Morgan fingerprint density at radius 2 is 2.19 bits per heavy atom. The van der Waals surface area contributed by atoms with E-state index in [1.54, 1.807) is 4.90 Å². The molecular formula is C12H17N3O. The lowest BCUT2D eigenvalue weighted by atomic mass is 10.2. The minimum absolute atomic E-state index is 0.00676. The van der Waals surface area contributed by atoms with Crippen molar-refractivity contribution in [3.05, 3.63) is 30.3 Å². The summed E-state index contributed by atoms with van der Waals surface area (Å²) in [5, 5.41) is 6.08. The van der Waals surface area contributed by atoms with Gasteiger partial charge >= 0.3 is 6.03 Å². The second-order valence-electron chi connectivity index (χ2n) is 3.98. The lowest BCUT2D eigenvalue weighted by molar-refractivity contribution is 0.250. The van der Waals surface area contributed by atoms with Gasteiger partial charge in [0, 0.05) is 18.3 Å². The molecular weight excluding hydrogens is 202 g/mol. The van der Waals surface area contributed by atoms with Crippen LogP contribution in [0.3, 0.4) is 0 Å². The van der Waals surface area contributed by atoms with Crippen molar-refractivity contribution >= 4 is 11.7 Å². The molecule has 4 heteroatoms. The molecule has 2 amide bonds. The van der Waals surface area contributed by atoms with Gasteiger partial charge in [-0.05, 0) is 32.1 Å². The molecule has 0 bridgehead atoms. The van der Waals surface area contributed by atoms with Crippen molar-refractivity contribution in [2.24, 2.45) is 0 Å². The summed E-state index contributed by atoms with van der Waals surface area (Å²) in [6.45, 7) is 1.68. The molecule has 1 atom stereocenters. The van der Waals surface area contributed by atoms with Gasteiger partial charge in [0.2, 0.25) is 0 Å². The maximum atomic E-state index is 11.7. The van der Waals surface area contributed by atoms with Gasteiger partial charge in [-0.15, -0.1) is 0 Å². The fourth-order valence-corrected chi connectivity index (χ4v) is 1.91. The van der Waals surface area contributed by atoms with Gasteiger partial charge in [0.15, 0.2) is 0 Å². The summed E-state index contributed by atoms with van der Waals surface area (Å²) in [5.41, 5.74) is 0.965. The molecule has 1 aliphatic rings. The highest BCUT2D eigenvalue weighted by Gasteiger charge is 2.28. The highest BCUT2D eigenvalue weighted by Crippen LogP contribution is 2.18. The Bertz CT molecular complexity index is 353. The van der Waals surface area contributed by atoms with Crippen molar-refractivity contribution in [3.63, 3.8) is 0 Å². The minimum atomic E-state index is 0.00676. The van der Waals surface area contributed by atoms with E-state index in [4.69, 9.17) is 0 Å². The predicted molar refractivity (Wildman–Crippen MR) is 64.7 cm³/mol. The normalized spacial score (nSPS) is 19.9. The summed E-state index contributed by atoms with van der Waals surface area (Å²) in [4.78, 5) is 13.5. The lowest BCUT2D eigenvalue weighted by Gasteiger charge is -2.14. The fourth-order valence-electron chi connectivity index (χ4n) is 1.91. The summed E-state index contributed by atoms with van der Waals surface area (Å²) in [6.07, 6.45) is 0.964. The van der Waals surface area contributed by atoms with Gasteiger partial charge in [0.1, 0.15) is 0 Å². The first-order valence-corrected chi connectivity index (χ1v) is 5.59. The van der Waals surface area contributed by atoms with Crippen LogP contribution in [-0.4, -0.2) is 32.2 Å². The van der Waals surface area contributed by atoms with Gasteiger partial charge in [-0.3, -0.25) is 4.90 Å². The molecule has 1 unspecified atom stereocenters. The van der Waals surface area contributed by atoms with Gasteiger partial charge in [-0.2, -0.15) is 0 Å². The van der Waals surface area contributed by atoms with Crippen molar-refractivity contribution in [2.45, 2.75) is 12.5 Å². The number of benzene rings is 1. The van der Waals surface area contributed by atoms with Crippen LogP contribution in [-0.2, 0) is 0 Å². The van der Waals surface area contributed by atoms with Gasteiger partial charge in [0.25, 0.3) is 0 Å². The fraction of sp³-hybridized carbons (Fsp3) is 0.417. The first-order valence-electron chi connectivity index (χ1n) is 5.59. The van der Waals surface area contributed by atoms with Crippen molar-refractivity contribution in [1.29, 1.82) is 0 Å². The van der Waals surface area contributed by atoms with Gasteiger partial charge < -0.3 is 10.6 Å². The monoisotopic (exact) mass is 219 g/mol. The van der Waals surface area contributed by atoms with Crippen molar-refractivity contribution in [2.75, 3.05) is 25.0 Å². The largest absolute Gasteiger partial charge is 0.333 e. The topological polar surface area (TPSA) is 44.4 Å². The van der Waals surface area contributed by atoms with Gasteiger partial charge in [-0.1, -0.05) is 18.2 Å². The molecule has 2 N–H and O–H groups in total. The number of amides is 2. The van der Waals surface area contributed by atoms with E-state index in [1.807, 2.05) is 37.4 Å². The lowest BCUT2D eigenvalue weighted by Crippen LogP contribution is -2.29. The van der Waals surface area contributed by atoms with Crippen molar-refractivity contribution in [3.8, 4) is 0 Å². The van der Waals surface area contributed by atoms with Crippen LogP contribution in [0.5, 0.6) is 0 Å². The summed E-state index contributed by atoms with van der Waals surface area (Å²) in [6, 6.07) is 10.0. The van der Waals surface area contributed by atoms with Crippen LogP contribution in [0, 0.1) is 0 Å². The Labute approximate surface area is 95.6 Å². The van der Waals surface area contributed by atoms with Crippen LogP contribution in [0.2, 0.25) is 0 Å². The SMILES string of the molecule is CNCCC1CN(c2ccccc2)C(=O)N1. The van der Waals surface area contributed by atoms with Crippen LogP contribution >= 0.6 is 0 Å². The van der Waals surface area contributed by atoms with Crippen molar-refractivity contribution < 1.29 is 4.79 Å². The zero-order chi connectivity index (χ0) is 11.4. The molecule has 0 radical (unpaired) electrons. The van der Waals surface area contributed by atoms with Crippen LogP contribution in [0.15, 0.2) is 30.3 Å². The minimum Gasteiger partial charge on any atom is -0.333 e. The highest BCUT2D eigenvalue weighted by atomic mass is 16.2. The summed E-state index contributed by atoms with van der Waals surface area (Å²) in [7, 11) is 1.92. The number of nitrogens with zero attached hydrogens (tertiary/aromatic N) is 1. The number of para-hydroxylation sites is 1. The second kappa shape index (κ2) is 4.99. The average molecular weight is 219 g/mol. The third-order valence-corrected chi connectivity index (χ3v) is 2.79. The number of rotatable bonds is 4. The molecule has 1 saturated heterocycles. The maximum Gasteiger partial charge on any atom is 0.322 e. The van der Waals surface area contributed by atoms with E-state index in [0.717, 1.165) is 25.2 Å². The quantitative estimate of drug-likeness (QED) is 0.799. The molecule has 1 aromatic carbocycles. The number of carbonyl (C=O) groups is 1. The third kappa shape index (κ3) is 2.33. The Morgan fingerprint density at radius 3 is 2.88 bits per heavy atom. The number of urea groups is 1. The molecule has 1 fully saturated rings.